The van der Waals surface area contributed by atoms with Crippen molar-refractivity contribution >= 4 is 64.6 Å². The molecule has 0 heteroatoms. The summed E-state index contributed by atoms with van der Waals surface area (Å²) in [7, 11) is 0. The maximum Gasteiger partial charge on any atom is -0.000718 e. The Morgan fingerprint density at radius 1 is 0.102 bits per heavy atom. The van der Waals surface area contributed by atoms with Crippen LogP contribution in [0.15, 0.2) is 315 Å². The van der Waals surface area contributed by atoms with Gasteiger partial charge in [0.05, 0.1) is 0 Å². The van der Waals surface area contributed by atoms with Gasteiger partial charge in [0.1, 0.15) is 0 Å². The predicted molar refractivity (Wildman–Crippen MR) is 375 cm³/mol. The van der Waals surface area contributed by atoms with Gasteiger partial charge in [0.15, 0.2) is 0 Å². The van der Waals surface area contributed by atoms with Gasteiger partial charge in [0.2, 0.25) is 0 Å². The van der Waals surface area contributed by atoms with Crippen LogP contribution in [-0.4, -0.2) is 0 Å². The van der Waals surface area contributed by atoms with Crippen molar-refractivity contribution in [2.24, 2.45) is 0 Å². The van der Waals surface area contributed by atoms with E-state index < -0.39 is 0 Å². The van der Waals surface area contributed by atoms with Crippen LogP contribution >= 0.6 is 0 Å². The molecule has 0 spiro atoms. The molecule has 0 aliphatic heterocycles. The van der Waals surface area contributed by atoms with Crippen LogP contribution in [0, 0.1) is 0 Å². The molecule has 17 aromatic rings. The first-order valence-corrected chi connectivity index (χ1v) is 30.7. The smallest absolute Gasteiger partial charge is 0.000718 e. The third-order valence-electron chi connectivity index (χ3n) is 19.5. The maximum atomic E-state index is 2.49. The summed E-state index contributed by atoms with van der Waals surface area (Å²) in [6, 6.07) is 118. The monoisotopic (exact) mass is 1110 g/mol. The zero-order valence-corrected chi connectivity index (χ0v) is 48.0. The van der Waals surface area contributed by atoms with Crippen molar-refractivity contribution in [3.8, 4) is 134 Å². The minimum Gasteiger partial charge on any atom is -0.0622 e. The topological polar surface area (TPSA) is 0 Å². The van der Waals surface area contributed by atoms with Crippen LogP contribution in [0.4, 0.5) is 0 Å². The molecule has 17 aromatic carbocycles. The lowest BCUT2D eigenvalue weighted by Crippen LogP contribution is -1.96. The lowest BCUT2D eigenvalue weighted by molar-refractivity contribution is 1.58. The first-order chi connectivity index (χ1) is 43.8. The van der Waals surface area contributed by atoms with Crippen molar-refractivity contribution < 1.29 is 0 Å². The zero-order valence-electron chi connectivity index (χ0n) is 48.0. The van der Waals surface area contributed by atoms with Crippen LogP contribution < -0.4 is 0 Å². The Hall–Kier alpha value is -11.4. The number of hydrogen-bond donors (Lipinski definition) is 0. The Labute approximate surface area is 510 Å². The normalized spacial score (nSPS) is 12.1. The van der Waals surface area contributed by atoms with Gasteiger partial charge < -0.3 is 0 Å². The fourth-order valence-electron chi connectivity index (χ4n) is 16.1. The SMILES string of the molecule is c1ccc(-c2ccccc2-c2c3c(c(-c4ccccc4-c4ccccc4)c4ccccc24)-c2ccc4c5ccc6c7c(ccc(c8ccc-3c2c84)c75)-c2c-6c(-c3ccccc3-c3ccccc3)c3ccccc3c2-c2ccccc2-c2ccccc2)cc1. The first-order valence-electron chi connectivity index (χ1n) is 30.7. The summed E-state index contributed by atoms with van der Waals surface area (Å²) >= 11 is 0. The fraction of sp³-hybridized carbons (Fsp3) is 0. The van der Waals surface area contributed by atoms with Gasteiger partial charge in [-0.15, -0.1) is 0 Å². The summed E-state index contributed by atoms with van der Waals surface area (Å²) in [4.78, 5) is 0. The molecule has 0 bridgehead atoms. The molecule has 0 N–H and O–H groups in total. The van der Waals surface area contributed by atoms with Crippen molar-refractivity contribution in [1.29, 1.82) is 0 Å². The molecule has 0 unspecified atom stereocenters. The van der Waals surface area contributed by atoms with Crippen molar-refractivity contribution in [3.05, 3.63) is 315 Å². The van der Waals surface area contributed by atoms with Crippen LogP contribution in [0.2, 0.25) is 0 Å². The maximum absolute atomic E-state index is 2.49. The lowest BCUT2D eigenvalue weighted by atomic mass is 9.79. The quantitative estimate of drug-likeness (QED) is 0.105. The molecule has 2 aliphatic rings. The highest BCUT2D eigenvalue weighted by molar-refractivity contribution is 6.43. The predicted octanol–water partition coefficient (Wildman–Crippen LogP) is 24.7. The van der Waals surface area contributed by atoms with Crippen LogP contribution in [0.3, 0.4) is 0 Å². The standard InChI is InChI=1S/C88H52/c1-5-25-53(26-6-1)57-33-13-17-37-61(57)79-65-41-21-22-42-66(65)80(62-38-18-14-34-58(62)54-27-7-2-8-28-54)86-74-50-46-70-72-48-52-76-84-75(51-47-71(78(72)84)69-45-49-73(85(79)86)83(74)77(69)70)87-81(63-39-19-15-35-59(63)55-29-9-3-10-30-55)67-43-23-24-44-68(67)82(88(76)87)64-40-20-16-36-60(64)56-31-11-4-12-32-56/h1-52H. The summed E-state index contributed by atoms with van der Waals surface area (Å²) in [5, 5.41) is 15.4. The molecule has 0 atom stereocenters. The van der Waals surface area contributed by atoms with Crippen LogP contribution in [0.5, 0.6) is 0 Å². The molecule has 0 fully saturated rings. The van der Waals surface area contributed by atoms with Crippen molar-refractivity contribution in [1.82, 2.24) is 0 Å². The van der Waals surface area contributed by atoms with Crippen LogP contribution in [0.1, 0.15) is 0 Å². The Kier molecular flexibility index (Phi) is 10.6. The molecule has 88 heavy (non-hydrogen) atoms. The number of rotatable bonds is 8. The van der Waals surface area contributed by atoms with E-state index >= 15 is 0 Å². The van der Waals surface area contributed by atoms with Crippen LogP contribution in [-0.2, 0) is 0 Å². The minimum absolute atomic E-state index is 1.21. The molecule has 0 nitrogen and oxygen atoms in total. The second-order valence-electron chi connectivity index (χ2n) is 23.9. The highest BCUT2D eigenvalue weighted by atomic mass is 14.4. The average Bonchev–Trinajstić information content (AvgIpc) is 1.49. The Balaban J connectivity index is 0.934. The molecule has 0 heterocycles. The van der Waals surface area contributed by atoms with Crippen molar-refractivity contribution in [3.63, 3.8) is 0 Å². The third-order valence-corrected chi connectivity index (χ3v) is 19.5. The van der Waals surface area contributed by atoms with Gasteiger partial charge in [-0.25, -0.2) is 0 Å². The van der Waals surface area contributed by atoms with Gasteiger partial charge in [0.25, 0.3) is 0 Å². The summed E-state index contributed by atoms with van der Waals surface area (Å²) < 4.78 is 0. The van der Waals surface area contributed by atoms with E-state index in [0.717, 1.165) is 0 Å². The summed E-state index contributed by atoms with van der Waals surface area (Å²) in [5.41, 5.74) is 30.1. The summed E-state index contributed by atoms with van der Waals surface area (Å²) in [6.45, 7) is 0. The molecule has 404 valence electrons. The molecule has 0 saturated carbocycles. The highest BCUT2D eigenvalue weighted by Gasteiger charge is 2.37. The summed E-state index contributed by atoms with van der Waals surface area (Å²) in [6.07, 6.45) is 0. The van der Waals surface area contributed by atoms with E-state index in [2.05, 4.69) is 315 Å². The molecule has 0 aromatic heterocycles. The Bertz CT molecular complexity index is 5050. The highest BCUT2D eigenvalue weighted by Crippen LogP contribution is 2.64. The largest absolute Gasteiger partial charge is 0.0622 e. The molecule has 0 amide bonds. The average molecular weight is 1110 g/mol. The Morgan fingerprint density at radius 3 is 0.523 bits per heavy atom. The van der Waals surface area contributed by atoms with Crippen LogP contribution in [0.25, 0.3) is 198 Å². The van der Waals surface area contributed by atoms with Gasteiger partial charge >= 0.3 is 0 Å². The molecular formula is C88H52. The fourth-order valence-corrected chi connectivity index (χ4v) is 16.1. The van der Waals surface area contributed by atoms with E-state index in [1.165, 1.54) is 198 Å². The van der Waals surface area contributed by atoms with Gasteiger partial charge in [-0.05, 0) is 198 Å². The van der Waals surface area contributed by atoms with Gasteiger partial charge in [-0.3, -0.25) is 0 Å². The van der Waals surface area contributed by atoms with E-state index in [1.54, 1.807) is 0 Å². The van der Waals surface area contributed by atoms with E-state index in [9.17, 15) is 0 Å². The van der Waals surface area contributed by atoms with E-state index in [-0.39, 0.29) is 0 Å². The molecule has 2 aliphatic carbocycles. The molecule has 0 radical (unpaired) electrons. The Morgan fingerprint density at radius 2 is 0.295 bits per heavy atom. The van der Waals surface area contributed by atoms with E-state index in [4.69, 9.17) is 0 Å². The second-order valence-corrected chi connectivity index (χ2v) is 23.9. The van der Waals surface area contributed by atoms with Crippen molar-refractivity contribution in [2.75, 3.05) is 0 Å². The van der Waals surface area contributed by atoms with Gasteiger partial charge in [-0.1, -0.05) is 315 Å². The molecule has 19 rings (SSSR count). The molecular weight excluding hydrogens is 1060 g/mol. The number of fused-ring (bicyclic) bond motifs is 10. The van der Waals surface area contributed by atoms with Gasteiger partial charge in [0, 0.05) is 0 Å². The first kappa shape index (κ1) is 48.9. The number of hydrogen-bond acceptors (Lipinski definition) is 0. The van der Waals surface area contributed by atoms with Gasteiger partial charge in [-0.2, -0.15) is 0 Å². The van der Waals surface area contributed by atoms with E-state index in [0.29, 0.717) is 0 Å². The van der Waals surface area contributed by atoms with E-state index in [1.807, 2.05) is 0 Å². The third kappa shape index (κ3) is 6.86. The summed E-state index contributed by atoms with van der Waals surface area (Å²) in [5.74, 6) is 0. The number of benzene rings is 17. The second kappa shape index (κ2) is 19.0. The lowest BCUT2D eigenvalue weighted by Gasteiger charge is -2.23. The zero-order chi connectivity index (χ0) is 57.6. The molecule has 0 saturated heterocycles. The minimum atomic E-state index is 1.21. The van der Waals surface area contributed by atoms with Crippen molar-refractivity contribution in [2.45, 2.75) is 0 Å².